The van der Waals surface area contributed by atoms with Gasteiger partial charge in [-0.25, -0.2) is 14.0 Å². The molecule has 0 radical (unpaired) electrons. The molecule has 0 aliphatic carbocycles. The molecule has 6 heterocycles. The molecular weight excluding hydrogens is 336 g/mol. The Bertz CT molecular complexity index is 1400. The van der Waals surface area contributed by atoms with Crippen molar-refractivity contribution in [2.45, 2.75) is 0 Å². The maximum absolute atomic E-state index is 4.71. The topological polar surface area (TPSA) is 42.9 Å². The van der Waals surface area contributed by atoms with Crippen LogP contribution in [0.1, 0.15) is 0 Å². The predicted molar refractivity (Wildman–Crippen MR) is 102 cm³/mol. The number of rotatable bonds is 2. The van der Waals surface area contributed by atoms with Gasteiger partial charge in [-0.2, -0.15) is 4.52 Å². The molecule has 6 nitrogen and oxygen atoms in total. The van der Waals surface area contributed by atoms with E-state index >= 15 is 0 Å². The van der Waals surface area contributed by atoms with Crippen LogP contribution in [0.2, 0.25) is 0 Å². The summed E-state index contributed by atoms with van der Waals surface area (Å²) >= 11 is 0. The molecule has 0 spiro atoms. The highest BCUT2D eigenvalue weighted by atomic mass is 15.3. The van der Waals surface area contributed by atoms with E-state index in [1.165, 1.54) is 0 Å². The van der Waals surface area contributed by atoms with Gasteiger partial charge in [0.2, 0.25) is 0 Å². The van der Waals surface area contributed by atoms with Gasteiger partial charge in [0.15, 0.2) is 6.33 Å². The molecule has 6 aromatic rings. The summed E-state index contributed by atoms with van der Waals surface area (Å²) in [7, 11) is 0. The zero-order valence-electron chi connectivity index (χ0n) is 14.3. The summed E-state index contributed by atoms with van der Waals surface area (Å²) in [6, 6.07) is 18.3. The van der Waals surface area contributed by atoms with Crippen molar-refractivity contribution in [3.63, 3.8) is 0 Å². The minimum Gasteiger partial charge on any atom is -0.306 e. The number of pyridine rings is 2. The lowest BCUT2D eigenvalue weighted by Gasteiger charge is -1.95. The highest BCUT2D eigenvalue weighted by Gasteiger charge is 2.12. The van der Waals surface area contributed by atoms with E-state index in [0.29, 0.717) is 0 Å². The fourth-order valence-corrected chi connectivity index (χ4v) is 3.45. The highest BCUT2D eigenvalue weighted by molar-refractivity contribution is 5.64. The van der Waals surface area contributed by atoms with Crippen LogP contribution < -0.4 is 4.57 Å². The van der Waals surface area contributed by atoms with E-state index in [4.69, 9.17) is 4.98 Å². The van der Waals surface area contributed by atoms with Gasteiger partial charge in [0.1, 0.15) is 17.4 Å². The van der Waals surface area contributed by atoms with Crippen LogP contribution in [0.3, 0.4) is 0 Å². The molecule has 27 heavy (non-hydrogen) atoms. The summed E-state index contributed by atoms with van der Waals surface area (Å²) in [6.45, 7) is 0. The SMILES string of the molecule is c1ccn2cc(-c3ccc4c[n+](-c5ccc6cccn6n5)cn4c3)nc2c1. The fraction of sp³-hybridized carbons (Fsp3) is 0. The van der Waals surface area contributed by atoms with Crippen LogP contribution >= 0.6 is 0 Å². The van der Waals surface area contributed by atoms with Crippen LogP contribution in [0.25, 0.3) is 33.8 Å². The number of aromatic nitrogens is 6. The molecule has 0 atom stereocenters. The average molecular weight is 351 g/mol. The monoisotopic (exact) mass is 351 g/mol. The van der Waals surface area contributed by atoms with Crippen LogP contribution in [-0.4, -0.2) is 23.4 Å². The zero-order chi connectivity index (χ0) is 17.8. The average Bonchev–Trinajstić information content (AvgIpc) is 3.42. The Morgan fingerprint density at radius 1 is 0.778 bits per heavy atom. The summed E-state index contributed by atoms with van der Waals surface area (Å²) in [6.07, 6.45) is 12.2. The van der Waals surface area contributed by atoms with E-state index in [1.807, 2.05) is 68.6 Å². The van der Waals surface area contributed by atoms with Gasteiger partial charge in [-0.15, -0.1) is 0 Å². The molecule has 6 heteroatoms. The van der Waals surface area contributed by atoms with Crippen molar-refractivity contribution in [3.8, 4) is 17.1 Å². The largest absolute Gasteiger partial charge is 0.306 e. The molecular formula is C21H15N6+. The molecule has 6 rings (SSSR count). The molecule has 0 saturated carbocycles. The maximum atomic E-state index is 4.71. The first-order valence-corrected chi connectivity index (χ1v) is 8.75. The van der Waals surface area contributed by atoms with Crippen molar-refractivity contribution in [1.29, 1.82) is 0 Å². The summed E-state index contributed by atoms with van der Waals surface area (Å²) in [5.74, 6) is 0.872. The first kappa shape index (κ1) is 14.3. The molecule has 0 aliphatic rings. The number of imidazole rings is 2. The van der Waals surface area contributed by atoms with Gasteiger partial charge < -0.3 is 4.40 Å². The van der Waals surface area contributed by atoms with E-state index < -0.39 is 0 Å². The van der Waals surface area contributed by atoms with Crippen molar-refractivity contribution in [1.82, 2.24) is 23.4 Å². The van der Waals surface area contributed by atoms with Gasteiger partial charge in [0.25, 0.3) is 5.82 Å². The molecule has 0 unspecified atom stereocenters. The van der Waals surface area contributed by atoms with Crippen LogP contribution in [0, 0.1) is 0 Å². The molecule has 0 fully saturated rings. The summed E-state index contributed by atoms with van der Waals surface area (Å²) in [5.41, 5.74) is 5.14. The standard InChI is InChI=1S/C21H15N6/c1-2-10-24-14-19(22-20(24)5-1)16-6-7-18-13-26(15-25(18)12-16)21-9-8-17-4-3-11-27(17)23-21/h1-15H/q+1. The third-order valence-corrected chi connectivity index (χ3v) is 4.83. The molecule has 0 bridgehead atoms. The van der Waals surface area contributed by atoms with Gasteiger partial charge in [0.05, 0.1) is 17.4 Å². The quantitative estimate of drug-likeness (QED) is 0.450. The Morgan fingerprint density at radius 3 is 2.70 bits per heavy atom. The van der Waals surface area contributed by atoms with Gasteiger partial charge in [-0.05, 0) is 47.6 Å². The molecule has 128 valence electrons. The predicted octanol–water partition coefficient (Wildman–Crippen LogP) is 3.18. The smallest absolute Gasteiger partial charge is 0.291 e. The lowest BCUT2D eigenvalue weighted by atomic mass is 10.2. The third kappa shape index (κ3) is 2.23. The number of hydrogen-bond acceptors (Lipinski definition) is 2. The van der Waals surface area contributed by atoms with Crippen molar-refractivity contribution >= 4 is 16.7 Å². The van der Waals surface area contributed by atoms with Gasteiger partial charge in [-0.3, -0.25) is 0 Å². The van der Waals surface area contributed by atoms with Crippen molar-refractivity contribution < 1.29 is 4.57 Å². The van der Waals surface area contributed by atoms with Gasteiger partial charge in [0, 0.05) is 30.2 Å². The second-order valence-corrected chi connectivity index (χ2v) is 6.56. The Labute approximate surface area is 154 Å². The third-order valence-electron chi connectivity index (χ3n) is 4.83. The van der Waals surface area contributed by atoms with E-state index in [0.717, 1.165) is 33.8 Å². The molecule has 0 aliphatic heterocycles. The molecule has 6 aromatic heterocycles. The zero-order valence-corrected chi connectivity index (χ0v) is 14.3. The number of fused-ring (bicyclic) bond motifs is 3. The number of hydrogen-bond donors (Lipinski definition) is 0. The Morgan fingerprint density at radius 2 is 1.74 bits per heavy atom. The van der Waals surface area contributed by atoms with Crippen LogP contribution in [0.15, 0.2) is 91.9 Å². The lowest BCUT2D eigenvalue weighted by Crippen LogP contribution is -2.29. The summed E-state index contributed by atoms with van der Waals surface area (Å²) in [4.78, 5) is 4.71. The molecule has 0 amide bonds. The Kier molecular flexibility index (Phi) is 2.79. The van der Waals surface area contributed by atoms with Gasteiger partial charge in [-0.1, -0.05) is 6.07 Å². The van der Waals surface area contributed by atoms with E-state index in [-0.39, 0.29) is 0 Å². The molecule has 0 N–H and O–H groups in total. The molecule has 0 saturated heterocycles. The Hall–Kier alpha value is -3.93. The minimum atomic E-state index is 0.872. The van der Waals surface area contributed by atoms with Crippen LogP contribution in [-0.2, 0) is 0 Å². The van der Waals surface area contributed by atoms with E-state index in [2.05, 4.69) is 46.3 Å². The van der Waals surface area contributed by atoms with Crippen molar-refractivity contribution in [2.75, 3.05) is 0 Å². The fourth-order valence-electron chi connectivity index (χ4n) is 3.45. The van der Waals surface area contributed by atoms with E-state index in [1.54, 1.807) is 0 Å². The van der Waals surface area contributed by atoms with Crippen molar-refractivity contribution in [2.24, 2.45) is 0 Å². The van der Waals surface area contributed by atoms with Crippen LogP contribution in [0.5, 0.6) is 0 Å². The lowest BCUT2D eigenvalue weighted by molar-refractivity contribution is -0.598. The van der Waals surface area contributed by atoms with E-state index in [9.17, 15) is 0 Å². The number of nitrogens with zero attached hydrogens (tertiary/aromatic N) is 6. The first-order chi connectivity index (χ1) is 13.3. The van der Waals surface area contributed by atoms with Gasteiger partial charge >= 0.3 is 0 Å². The summed E-state index contributed by atoms with van der Waals surface area (Å²) in [5, 5.41) is 4.66. The maximum Gasteiger partial charge on any atom is 0.291 e. The van der Waals surface area contributed by atoms with Crippen LogP contribution in [0.4, 0.5) is 0 Å². The van der Waals surface area contributed by atoms with Crippen molar-refractivity contribution in [3.05, 3.63) is 91.9 Å². The summed E-state index contributed by atoms with van der Waals surface area (Å²) < 4.78 is 8.04. The second kappa shape index (κ2) is 5.28. The Balaban J connectivity index is 1.46. The second-order valence-electron chi connectivity index (χ2n) is 6.56. The highest BCUT2D eigenvalue weighted by Crippen LogP contribution is 2.20. The normalized spacial score (nSPS) is 11.7. The first-order valence-electron chi connectivity index (χ1n) is 8.75. The molecule has 0 aromatic carbocycles. The minimum absolute atomic E-state index is 0.872.